The summed E-state index contributed by atoms with van der Waals surface area (Å²) in [4.78, 5) is 24.2. The summed E-state index contributed by atoms with van der Waals surface area (Å²) in [7, 11) is 0. The Kier molecular flexibility index (Phi) is 7.05. The van der Waals surface area contributed by atoms with E-state index in [0.717, 1.165) is 30.8 Å². The maximum Gasteiger partial charge on any atom is 0.220 e. The summed E-state index contributed by atoms with van der Waals surface area (Å²) in [5, 5.41) is 8.12. The molecular weight excluding hydrogens is 284 g/mol. The predicted molar refractivity (Wildman–Crippen MR) is 79.2 cm³/mol. The summed E-state index contributed by atoms with van der Waals surface area (Å²) in [6, 6.07) is 3.93. The molecule has 0 radical (unpaired) electrons. The lowest BCUT2D eigenvalue weighted by Crippen LogP contribution is -2.42. The van der Waals surface area contributed by atoms with E-state index in [-0.39, 0.29) is 30.1 Å². The molecule has 2 rings (SSSR count). The highest BCUT2D eigenvalue weighted by Gasteiger charge is 2.16. The fourth-order valence-corrected chi connectivity index (χ4v) is 2.75. The molecule has 1 aromatic rings. The van der Waals surface area contributed by atoms with Crippen LogP contribution in [0, 0.1) is 0 Å². The molecule has 0 bridgehead atoms. The zero-order valence-electron chi connectivity index (χ0n) is 10.7. The summed E-state index contributed by atoms with van der Waals surface area (Å²) in [6.07, 6.45) is 2.55. The largest absolute Gasteiger partial charge is 0.353 e. The van der Waals surface area contributed by atoms with Gasteiger partial charge in [-0.05, 0) is 37.4 Å². The standard InChI is InChI=1S/C13H18N2O2S.ClH/c16-11(12-2-1-9-18-12)3-4-13(17)15-10-5-7-14-8-6-10;/h1-2,9-10,14H,3-8H2,(H,15,17);1H. The van der Waals surface area contributed by atoms with Crippen molar-refractivity contribution in [1.29, 1.82) is 0 Å². The van der Waals surface area contributed by atoms with Gasteiger partial charge in [0, 0.05) is 18.9 Å². The Bertz CT molecular complexity index is 403. The molecule has 1 saturated heterocycles. The maximum atomic E-state index is 11.7. The van der Waals surface area contributed by atoms with E-state index in [1.807, 2.05) is 11.4 Å². The van der Waals surface area contributed by atoms with Crippen molar-refractivity contribution in [2.24, 2.45) is 0 Å². The molecule has 106 valence electrons. The number of halogens is 1. The molecule has 0 saturated carbocycles. The molecule has 4 nitrogen and oxygen atoms in total. The first-order valence-corrected chi connectivity index (χ1v) is 7.20. The van der Waals surface area contributed by atoms with Crippen molar-refractivity contribution in [3.8, 4) is 0 Å². The minimum Gasteiger partial charge on any atom is -0.353 e. The summed E-state index contributed by atoms with van der Waals surface area (Å²) in [5.74, 6) is 0.0530. The molecule has 19 heavy (non-hydrogen) atoms. The summed E-state index contributed by atoms with van der Waals surface area (Å²) in [6.45, 7) is 1.91. The third-order valence-corrected chi connectivity index (χ3v) is 3.99. The van der Waals surface area contributed by atoms with E-state index in [2.05, 4.69) is 10.6 Å². The number of amides is 1. The monoisotopic (exact) mass is 302 g/mol. The average Bonchev–Trinajstić information content (AvgIpc) is 2.91. The van der Waals surface area contributed by atoms with Gasteiger partial charge >= 0.3 is 0 Å². The van der Waals surface area contributed by atoms with Crippen LogP contribution < -0.4 is 10.6 Å². The van der Waals surface area contributed by atoms with E-state index in [1.165, 1.54) is 11.3 Å². The summed E-state index contributed by atoms with van der Waals surface area (Å²) in [5.41, 5.74) is 0. The van der Waals surface area contributed by atoms with Crippen LogP contribution in [-0.4, -0.2) is 30.8 Å². The molecule has 1 aliphatic rings. The van der Waals surface area contributed by atoms with Crippen molar-refractivity contribution in [3.63, 3.8) is 0 Å². The van der Waals surface area contributed by atoms with Gasteiger partial charge in [-0.15, -0.1) is 23.7 Å². The van der Waals surface area contributed by atoms with Crippen LogP contribution in [0.5, 0.6) is 0 Å². The van der Waals surface area contributed by atoms with Gasteiger partial charge in [0.25, 0.3) is 0 Å². The van der Waals surface area contributed by atoms with Gasteiger partial charge in [-0.3, -0.25) is 9.59 Å². The zero-order valence-corrected chi connectivity index (χ0v) is 12.3. The van der Waals surface area contributed by atoms with Crippen LogP contribution in [0.3, 0.4) is 0 Å². The number of Topliss-reactive ketones (excluding diaryl/α,β-unsaturated/α-hetero) is 1. The second kappa shape index (κ2) is 8.30. The highest BCUT2D eigenvalue weighted by Crippen LogP contribution is 2.12. The maximum absolute atomic E-state index is 11.7. The quantitative estimate of drug-likeness (QED) is 0.818. The highest BCUT2D eigenvalue weighted by atomic mass is 35.5. The van der Waals surface area contributed by atoms with E-state index in [4.69, 9.17) is 0 Å². The number of carbonyl (C=O) groups is 2. The van der Waals surface area contributed by atoms with Crippen molar-refractivity contribution in [2.75, 3.05) is 13.1 Å². The van der Waals surface area contributed by atoms with Crippen LogP contribution in [0.1, 0.15) is 35.4 Å². The predicted octanol–water partition coefficient (Wildman–Crippen LogP) is 2.00. The van der Waals surface area contributed by atoms with Gasteiger partial charge in [0.15, 0.2) is 5.78 Å². The van der Waals surface area contributed by atoms with E-state index < -0.39 is 0 Å². The Morgan fingerprint density at radius 3 is 2.68 bits per heavy atom. The van der Waals surface area contributed by atoms with E-state index in [0.29, 0.717) is 12.8 Å². The lowest BCUT2D eigenvalue weighted by Gasteiger charge is -2.23. The number of rotatable bonds is 5. The van der Waals surface area contributed by atoms with Crippen LogP contribution in [0.15, 0.2) is 17.5 Å². The molecule has 1 fully saturated rings. The number of nitrogens with one attached hydrogen (secondary N) is 2. The molecule has 0 atom stereocenters. The number of hydrogen-bond acceptors (Lipinski definition) is 4. The first-order chi connectivity index (χ1) is 8.75. The van der Waals surface area contributed by atoms with Crippen molar-refractivity contribution in [3.05, 3.63) is 22.4 Å². The fourth-order valence-electron chi connectivity index (χ4n) is 2.05. The number of carbonyl (C=O) groups excluding carboxylic acids is 2. The third kappa shape index (κ3) is 5.30. The second-order valence-electron chi connectivity index (χ2n) is 4.49. The van der Waals surface area contributed by atoms with Gasteiger partial charge < -0.3 is 10.6 Å². The minimum atomic E-state index is -0.00759. The Labute approximate surface area is 123 Å². The van der Waals surface area contributed by atoms with Gasteiger partial charge in [0.05, 0.1) is 4.88 Å². The molecule has 0 aliphatic carbocycles. The SMILES string of the molecule is Cl.O=C(CCC(=O)c1cccs1)NC1CCNCC1. The minimum absolute atomic E-state index is 0. The Balaban J connectivity index is 0.00000180. The molecule has 1 aromatic heterocycles. The molecule has 0 aromatic carbocycles. The van der Waals surface area contributed by atoms with Crippen molar-refractivity contribution in [2.45, 2.75) is 31.7 Å². The van der Waals surface area contributed by atoms with Crippen molar-refractivity contribution in [1.82, 2.24) is 10.6 Å². The van der Waals surface area contributed by atoms with E-state index in [1.54, 1.807) is 6.07 Å². The van der Waals surface area contributed by atoms with Gasteiger partial charge in [-0.1, -0.05) is 6.07 Å². The normalized spacial score (nSPS) is 15.6. The zero-order chi connectivity index (χ0) is 12.8. The highest BCUT2D eigenvalue weighted by molar-refractivity contribution is 7.12. The first kappa shape index (κ1) is 16.1. The van der Waals surface area contributed by atoms with Crippen LogP contribution in [0.4, 0.5) is 0 Å². The molecule has 0 spiro atoms. The number of hydrogen-bond donors (Lipinski definition) is 2. The van der Waals surface area contributed by atoms with E-state index in [9.17, 15) is 9.59 Å². The van der Waals surface area contributed by atoms with Gasteiger partial charge in [0.1, 0.15) is 0 Å². The smallest absolute Gasteiger partial charge is 0.220 e. The molecule has 2 N–H and O–H groups in total. The molecule has 0 unspecified atom stereocenters. The number of piperidine rings is 1. The lowest BCUT2D eigenvalue weighted by molar-refractivity contribution is -0.121. The first-order valence-electron chi connectivity index (χ1n) is 6.32. The molecule has 1 aliphatic heterocycles. The summed E-state index contributed by atoms with van der Waals surface area (Å²) < 4.78 is 0. The van der Waals surface area contributed by atoms with Crippen LogP contribution in [0.25, 0.3) is 0 Å². The molecule has 2 heterocycles. The van der Waals surface area contributed by atoms with Gasteiger partial charge in [0.2, 0.25) is 5.91 Å². The number of ketones is 1. The topological polar surface area (TPSA) is 58.2 Å². The van der Waals surface area contributed by atoms with Crippen LogP contribution in [0.2, 0.25) is 0 Å². The Morgan fingerprint density at radius 2 is 2.05 bits per heavy atom. The summed E-state index contributed by atoms with van der Waals surface area (Å²) >= 11 is 1.43. The fraction of sp³-hybridized carbons (Fsp3) is 0.538. The molecular formula is C13H19ClN2O2S. The molecule has 6 heteroatoms. The number of thiophene rings is 1. The van der Waals surface area contributed by atoms with Crippen molar-refractivity contribution >= 4 is 35.4 Å². The van der Waals surface area contributed by atoms with Gasteiger partial charge in [-0.25, -0.2) is 0 Å². The lowest BCUT2D eigenvalue weighted by atomic mass is 10.1. The second-order valence-corrected chi connectivity index (χ2v) is 5.44. The van der Waals surface area contributed by atoms with E-state index >= 15 is 0 Å². The van der Waals surface area contributed by atoms with Gasteiger partial charge in [-0.2, -0.15) is 0 Å². The Morgan fingerprint density at radius 1 is 1.32 bits per heavy atom. The van der Waals surface area contributed by atoms with Crippen LogP contribution >= 0.6 is 23.7 Å². The molecule has 1 amide bonds. The van der Waals surface area contributed by atoms with Crippen LogP contribution in [-0.2, 0) is 4.79 Å². The third-order valence-electron chi connectivity index (χ3n) is 3.08. The Hall–Kier alpha value is -0.910. The average molecular weight is 303 g/mol. The van der Waals surface area contributed by atoms with Crippen molar-refractivity contribution < 1.29 is 9.59 Å².